The van der Waals surface area contributed by atoms with Gasteiger partial charge in [0, 0.05) is 10.8 Å². The lowest BCUT2D eigenvalue weighted by Crippen LogP contribution is -2.08. The summed E-state index contributed by atoms with van der Waals surface area (Å²) in [5.41, 5.74) is 0. The SMILES string of the molecule is CC[C@H](Cl)[C@@H](C)Cl. The molecule has 2 atom stereocenters. The Morgan fingerprint density at radius 2 is 1.86 bits per heavy atom. The summed E-state index contributed by atoms with van der Waals surface area (Å²) < 4.78 is 0. The van der Waals surface area contributed by atoms with Gasteiger partial charge in [0.2, 0.25) is 0 Å². The second kappa shape index (κ2) is 3.57. The third kappa shape index (κ3) is 3.19. The van der Waals surface area contributed by atoms with E-state index in [1.165, 1.54) is 0 Å². The van der Waals surface area contributed by atoms with Crippen LogP contribution in [0.5, 0.6) is 0 Å². The molecular formula is C5H10Cl2. The molecule has 0 saturated heterocycles. The quantitative estimate of drug-likeness (QED) is 0.518. The Morgan fingerprint density at radius 1 is 1.43 bits per heavy atom. The number of rotatable bonds is 2. The van der Waals surface area contributed by atoms with Gasteiger partial charge >= 0.3 is 0 Å². The van der Waals surface area contributed by atoms with Gasteiger partial charge in [0.05, 0.1) is 0 Å². The summed E-state index contributed by atoms with van der Waals surface area (Å²) in [7, 11) is 0. The molecular weight excluding hydrogens is 131 g/mol. The lowest BCUT2D eigenvalue weighted by Gasteiger charge is -2.05. The van der Waals surface area contributed by atoms with E-state index >= 15 is 0 Å². The smallest absolute Gasteiger partial charge is 0.0494 e. The van der Waals surface area contributed by atoms with Gasteiger partial charge in [-0.1, -0.05) is 6.92 Å². The lowest BCUT2D eigenvalue weighted by molar-refractivity contribution is 0.790. The van der Waals surface area contributed by atoms with Gasteiger partial charge in [-0.25, -0.2) is 0 Å². The topological polar surface area (TPSA) is 0 Å². The Balaban J connectivity index is 3.14. The minimum atomic E-state index is 0.103. The zero-order chi connectivity index (χ0) is 5.86. The normalized spacial score (nSPS) is 18.9. The monoisotopic (exact) mass is 140 g/mol. The summed E-state index contributed by atoms with van der Waals surface area (Å²) in [6, 6.07) is 0. The third-order valence-corrected chi connectivity index (χ3v) is 2.01. The van der Waals surface area contributed by atoms with Gasteiger partial charge in [0.1, 0.15) is 0 Å². The first-order valence-corrected chi connectivity index (χ1v) is 3.34. The van der Waals surface area contributed by atoms with Gasteiger partial charge in [-0.05, 0) is 13.3 Å². The van der Waals surface area contributed by atoms with Crippen LogP contribution >= 0.6 is 23.2 Å². The standard InChI is InChI=1S/C5H10Cl2/c1-3-5(7)4(2)6/h4-5H,3H2,1-2H3/t4-,5+/m1/s1. The lowest BCUT2D eigenvalue weighted by atomic mass is 10.3. The molecule has 2 heteroatoms. The van der Waals surface area contributed by atoms with Crippen LogP contribution in [0.3, 0.4) is 0 Å². The highest BCUT2D eigenvalue weighted by Gasteiger charge is 2.06. The van der Waals surface area contributed by atoms with E-state index in [-0.39, 0.29) is 10.8 Å². The largest absolute Gasteiger partial charge is 0.122 e. The van der Waals surface area contributed by atoms with Crippen molar-refractivity contribution in [1.29, 1.82) is 0 Å². The van der Waals surface area contributed by atoms with Crippen molar-refractivity contribution in [2.75, 3.05) is 0 Å². The first kappa shape index (κ1) is 7.58. The maximum absolute atomic E-state index is 5.67. The highest BCUT2D eigenvalue weighted by Crippen LogP contribution is 2.11. The fraction of sp³-hybridized carbons (Fsp3) is 1.00. The summed E-state index contributed by atoms with van der Waals surface area (Å²) in [5.74, 6) is 0. The van der Waals surface area contributed by atoms with Gasteiger partial charge in [-0.15, -0.1) is 23.2 Å². The molecule has 0 fully saturated rings. The molecule has 0 aliphatic rings. The number of alkyl halides is 2. The van der Waals surface area contributed by atoms with Crippen molar-refractivity contribution in [3.8, 4) is 0 Å². The Labute approximate surface area is 54.8 Å². The molecule has 0 unspecified atom stereocenters. The summed E-state index contributed by atoms with van der Waals surface area (Å²) in [6.45, 7) is 3.93. The van der Waals surface area contributed by atoms with Crippen LogP contribution in [-0.4, -0.2) is 10.8 Å². The van der Waals surface area contributed by atoms with Crippen LogP contribution in [0.2, 0.25) is 0 Å². The van der Waals surface area contributed by atoms with Crippen molar-refractivity contribution in [1.82, 2.24) is 0 Å². The molecule has 0 aromatic heterocycles. The van der Waals surface area contributed by atoms with E-state index in [1.54, 1.807) is 0 Å². The average molecular weight is 141 g/mol. The fourth-order valence-corrected chi connectivity index (χ4v) is 0.503. The van der Waals surface area contributed by atoms with Gasteiger partial charge < -0.3 is 0 Å². The number of hydrogen-bond acceptors (Lipinski definition) is 0. The van der Waals surface area contributed by atoms with Gasteiger partial charge in [-0.2, -0.15) is 0 Å². The molecule has 44 valence electrons. The van der Waals surface area contributed by atoms with E-state index < -0.39 is 0 Å². The third-order valence-electron chi connectivity index (χ3n) is 0.888. The maximum atomic E-state index is 5.67. The highest BCUT2D eigenvalue weighted by molar-refractivity contribution is 6.29. The van der Waals surface area contributed by atoms with Crippen molar-refractivity contribution < 1.29 is 0 Å². The second-order valence-electron chi connectivity index (χ2n) is 1.60. The Hall–Kier alpha value is 0.580. The van der Waals surface area contributed by atoms with Crippen molar-refractivity contribution in [2.45, 2.75) is 31.0 Å². The average Bonchev–Trinajstić information content (AvgIpc) is 1.65. The predicted molar refractivity (Wildman–Crippen MR) is 35.2 cm³/mol. The molecule has 0 aromatic carbocycles. The minimum absolute atomic E-state index is 0.103. The van der Waals surface area contributed by atoms with Crippen LogP contribution in [0, 0.1) is 0 Å². The van der Waals surface area contributed by atoms with E-state index in [0.29, 0.717) is 0 Å². The number of halogens is 2. The number of hydrogen-bond donors (Lipinski definition) is 0. The molecule has 0 aliphatic carbocycles. The highest BCUT2D eigenvalue weighted by atomic mass is 35.5. The van der Waals surface area contributed by atoms with Crippen LogP contribution < -0.4 is 0 Å². The molecule has 0 bridgehead atoms. The molecule has 0 nitrogen and oxygen atoms in total. The van der Waals surface area contributed by atoms with Crippen molar-refractivity contribution in [3.63, 3.8) is 0 Å². The molecule has 0 radical (unpaired) electrons. The van der Waals surface area contributed by atoms with Gasteiger partial charge in [0.25, 0.3) is 0 Å². The van der Waals surface area contributed by atoms with Crippen molar-refractivity contribution >= 4 is 23.2 Å². The predicted octanol–water partition coefficient (Wildman–Crippen LogP) is 2.63. The molecule has 0 N–H and O–H groups in total. The van der Waals surface area contributed by atoms with Gasteiger partial charge in [-0.3, -0.25) is 0 Å². The minimum Gasteiger partial charge on any atom is -0.122 e. The zero-order valence-electron chi connectivity index (χ0n) is 4.62. The summed E-state index contributed by atoms with van der Waals surface area (Å²) >= 11 is 11.3. The van der Waals surface area contributed by atoms with Crippen molar-refractivity contribution in [3.05, 3.63) is 0 Å². The molecule has 7 heavy (non-hydrogen) atoms. The summed E-state index contributed by atoms with van der Waals surface area (Å²) in [4.78, 5) is 0. The van der Waals surface area contributed by atoms with Crippen LogP contribution in [0.25, 0.3) is 0 Å². The van der Waals surface area contributed by atoms with E-state index in [0.717, 1.165) is 6.42 Å². The van der Waals surface area contributed by atoms with E-state index in [2.05, 4.69) is 0 Å². The molecule has 0 aliphatic heterocycles. The molecule has 0 rings (SSSR count). The van der Waals surface area contributed by atoms with Crippen LogP contribution in [0.15, 0.2) is 0 Å². The van der Waals surface area contributed by atoms with Gasteiger partial charge in [0.15, 0.2) is 0 Å². The second-order valence-corrected chi connectivity index (χ2v) is 2.85. The summed E-state index contributed by atoms with van der Waals surface area (Å²) in [5, 5.41) is 0.244. The molecule has 0 saturated carbocycles. The molecule has 0 spiro atoms. The fourth-order valence-electron chi connectivity index (χ4n) is 0.325. The molecule has 0 heterocycles. The molecule has 0 aromatic rings. The van der Waals surface area contributed by atoms with E-state index in [9.17, 15) is 0 Å². The summed E-state index contributed by atoms with van der Waals surface area (Å²) in [6.07, 6.45) is 0.951. The Kier molecular flexibility index (Phi) is 3.86. The zero-order valence-corrected chi connectivity index (χ0v) is 6.13. The molecule has 0 amide bonds. The first-order chi connectivity index (χ1) is 3.18. The van der Waals surface area contributed by atoms with Crippen LogP contribution in [0.4, 0.5) is 0 Å². The maximum Gasteiger partial charge on any atom is 0.0494 e. The van der Waals surface area contributed by atoms with Crippen molar-refractivity contribution in [2.24, 2.45) is 0 Å². The van der Waals surface area contributed by atoms with Crippen LogP contribution in [0.1, 0.15) is 20.3 Å². The van der Waals surface area contributed by atoms with Crippen LogP contribution in [-0.2, 0) is 0 Å². The Morgan fingerprint density at radius 3 is 1.86 bits per heavy atom. The van der Waals surface area contributed by atoms with E-state index in [1.807, 2.05) is 13.8 Å². The first-order valence-electron chi connectivity index (χ1n) is 2.46. The van der Waals surface area contributed by atoms with E-state index in [4.69, 9.17) is 23.2 Å². The Bertz CT molecular complexity index is 43.3.